The Morgan fingerprint density at radius 3 is 3.15 bits per heavy atom. The third kappa shape index (κ3) is 2.67. The first-order chi connectivity index (χ1) is 9.61. The van der Waals surface area contributed by atoms with Crippen LogP contribution >= 0.6 is 0 Å². The summed E-state index contributed by atoms with van der Waals surface area (Å²) in [6, 6.07) is 3.23. The number of aromatic nitrogens is 2. The quantitative estimate of drug-likeness (QED) is 0.928. The van der Waals surface area contributed by atoms with Gasteiger partial charge in [-0.1, -0.05) is 0 Å². The van der Waals surface area contributed by atoms with Crippen LogP contribution in [-0.2, 0) is 6.42 Å². The van der Waals surface area contributed by atoms with Gasteiger partial charge in [-0.05, 0) is 50.9 Å². The van der Waals surface area contributed by atoms with Gasteiger partial charge in [-0.15, -0.1) is 0 Å². The molecular formula is C15H19N3O2. The summed E-state index contributed by atoms with van der Waals surface area (Å²) in [5.41, 5.74) is 2.05. The fraction of sp³-hybridized carbons (Fsp3) is 0.467. The number of hydrogen-bond acceptors (Lipinski definition) is 3. The Balaban J connectivity index is 1.80. The molecule has 1 saturated heterocycles. The van der Waals surface area contributed by atoms with Crippen LogP contribution in [0.4, 0.5) is 0 Å². The number of carboxylic acids is 1. The van der Waals surface area contributed by atoms with Crippen molar-refractivity contribution in [2.24, 2.45) is 5.92 Å². The highest BCUT2D eigenvalue weighted by molar-refractivity contribution is 5.88. The summed E-state index contributed by atoms with van der Waals surface area (Å²) in [7, 11) is 2.16. The molecule has 2 aromatic rings. The molecule has 3 heterocycles. The molecule has 0 spiro atoms. The first-order valence-corrected chi connectivity index (χ1v) is 7.01. The average Bonchev–Trinajstić information content (AvgIpc) is 2.79. The normalized spacial score (nSPS) is 20.4. The lowest BCUT2D eigenvalue weighted by Crippen LogP contribution is -2.33. The Labute approximate surface area is 117 Å². The number of fused-ring (bicyclic) bond motifs is 1. The summed E-state index contributed by atoms with van der Waals surface area (Å²) >= 11 is 0. The molecular weight excluding hydrogens is 254 g/mol. The molecule has 1 N–H and O–H groups in total. The zero-order chi connectivity index (χ0) is 14.1. The van der Waals surface area contributed by atoms with Crippen molar-refractivity contribution in [3.05, 3.63) is 35.8 Å². The zero-order valence-corrected chi connectivity index (χ0v) is 11.6. The molecule has 3 rings (SSSR count). The molecule has 0 radical (unpaired) electrons. The van der Waals surface area contributed by atoms with Crippen LogP contribution in [-0.4, -0.2) is 45.5 Å². The van der Waals surface area contributed by atoms with Crippen LogP contribution in [0, 0.1) is 5.92 Å². The average molecular weight is 273 g/mol. The molecule has 1 unspecified atom stereocenters. The maximum absolute atomic E-state index is 11.0. The van der Waals surface area contributed by atoms with E-state index >= 15 is 0 Å². The molecule has 106 valence electrons. The van der Waals surface area contributed by atoms with Gasteiger partial charge >= 0.3 is 5.97 Å². The third-order valence-corrected chi connectivity index (χ3v) is 3.98. The van der Waals surface area contributed by atoms with Gasteiger partial charge in [0.25, 0.3) is 0 Å². The van der Waals surface area contributed by atoms with Gasteiger partial charge < -0.3 is 14.4 Å². The SMILES string of the molecule is CN1CCCC(Cc2cn3ccc(C(=O)O)cc3n2)C1. The Kier molecular flexibility index (Phi) is 3.44. The number of pyridine rings is 1. The van der Waals surface area contributed by atoms with Crippen molar-refractivity contribution in [3.63, 3.8) is 0 Å². The molecule has 0 amide bonds. The lowest BCUT2D eigenvalue weighted by molar-refractivity contribution is 0.0697. The van der Waals surface area contributed by atoms with Crippen LogP contribution in [0.15, 0.2) is 24.5 Å². The number of likely N-dealkylation sites (tertiary alicyclic amines) is 1. The summed E-state index contributed by atoms with van der Waals surface area (Å²) in [5, 5.41) is 9.00. The van der Waals surface area contributed by atoms with E-state index in [1.54, 1.807) is 18.3 Å². The molecule has 2 aromatic heterocycles. The lowest BCUT2D eigenvalue weighted by atomic mass is 9.94. The van der Waals surface area contributed by atoms with Gasteiger partial charge in [0.2, 0.25) is 0 Å². The summed E-state index contributed by atoms with van der Waals surface area (Å²) in [5.74, 6) is -0.261. The molecule has 0 aromatic carbocycles. The summed E-state index contributed by atoms with van der Waals surface area (Å²) in [6.45, 7) is 2.30. The molecule has 0 bridgehead atoms. The molecule has 1 fully saturated rings. The molecule has 5 heteroatoms. The van der Waals surface area contributed by atoms with Crippen LogP contribution in [0.1, 0.15) is 28.9 Å². The van der Waals surface area contributed by atoms with Crippen LogP contribution < -0.4 is 0 Å². The standard InChI is InChI=1S/C15H19N3O2/c1-17-5-2-3-11(9-17)7-13-10-18-6-4-12(15(19)20)8-14(18)16-13/h4,6,8,10-11H,2-3,5,7,9H2,1H3,(H,19,20). The fourth-order valence-electron chi connectivity index (χ4n) is 3.00. The largest absolute Gasteiger partial charge is 0.478 e. The molecule has 0 aliphatic carbocycles. The number of hydrogen-bond donors (Lipinski definition) is 1. The number of piperidine rings is 1. The van der Waals surface area contributed by atoms with Gasteiger partial charge in [0.1, 0.15) is 5.65 Å². The van der Waals surface area contributed by atoms with Crippen molar-refractivity contribution in [1.29, 1.82) is 0 Å². The maximum Gasteiger partial charge on any atom is 0.335 e. The second kappa shape index (κ2) is 5.25. The molecule has 20 heavy (non-hydrogen) atoms. The van der Waals surface area contributed by atoms with E-state index in [1.807, 2.05) is 10.6 Å². The van der Waals surface area contributed by atoms with Crippen molar-refractivity contribution >= 4 is 11.6 Å². The van der Waals surface area contributed by atoms with Gasteiger partial charge in [0.05, 0.1) is 11.3 Å². The van der Waals surface area contributed by atoms with E-state index in [0.29, 0.717) is 11.6 Å². The second-order valence-corrected chi connectivity index (χ2v) is 5.69. The fourth-order valence-corrected chi connectivity index (χ4v) is 3.00. The predicted octanol–water partition coefficient (Wildman–Crippen LogP) is 1.92. The van der Waals surface area contributed by atoms with Crippen LogP contribution in [0.5, 0.6) is 0 Å². The van der Waals surface area contributed by atoms with Crippen LogP contribution in [0.2, 0.25) is 0 Å². The number of carbonyl (C=O) groups is 1. The Bertz CT molecular complexity index is 635. The van der Waals surface area contributed by atoms with Crippen molar-refractivity contribution in [2.75, 3.05) is 20.1 Å². The molecule has 1 aliphatic heterocycles. The van der Waals surface area contributed by atoms with Crippen molar-refractivity contribution < 1.29 is 9.90 Å². The van der Waals surface area contributed by atoms with Gasteiger partial charge in [0, 0.05) is 18.9 Å². The minimum Gasteiger partial charge on any atom is -0.478 e. The highest BCUT2D eigenvalue weighted by Crippen LogP contribution is 2.20. The van der Waals surface area contributed by atoms with Gasteiger partial charge in [-0.3, -0.25) is 0 Å². The Morgan fingerprint density at radius 2 is 2.40 bits per heavy atom. The van der Waals surface area contributed by atoms with E-state index < -0.39 is 5.97 Å². The van der Waals surface area contributed by atoms with E-state index in [0.717, 1.165) is 18.7 Å². The predicted molar refractivity (Wildman–Crippen MR) is 76.1 cm³/mol. The van der Waals surface area contributed by atoms with Crippen LogP contribution in [0.25, 0.3) is 5.65 Å². The van der Waals surface area contributed by atoms with Crippen LogP contribution in [0.3, 0.4) is 0 Å². The number of carboxylic acid groups (broad SMARTS) is 1. The number of aromatic carboxylic acids is 1. The third-order valence-electron chi connectivity index (χ3n) is 3.98. The van der Waals surface area contributed by atoms with Gasteiger partial charge in [0.15, 0.2) is 0 Å². The van der Waals surface area contributed by atoms with E-state index in [1.165, 1.54) is 19.4 Å². The summed E-state index contributed by atoms with van der Waals surface area (Å²) in [4.78, 5) is 17.9. The topological polar surface area (TPSA) is 57.8 Å². The van der Waals surface area contributed by atoms with E-state index in [2.05, 4.69) is 16.9 Å². The zero-order valence-electron chi connectivity index (χ0n) is 11.6. The highest BCUT2D eigenvalue weighted by Gasteiger charge is 2.18. The summed E-state index contributed by atoms with van der Waals surface area (Å²) in [6.07, 6.45) is 7.24. The molecule has 1 aliphatic rings. The lowest BCUT2D eigenvalue weighted by Gasteiger charge is -2.29. The van der Waals surface area contributed by atoms with E-state index in [4.69, 9.17) is 5.11 Å². The Hall–Kier alpha value is -1.88. The maximum atomic E-state index is 11.0. The molecule has 5 nitrogen and oxygen atoms in total. The second-order valence-electron chi connectivity index (χ2n) is 5.69. The Morgan fingerprint density at radius 1 is 1.55 bits per heavy atom. The minimum absolute atomic E-state index is 0.284. The number of nitrogens with zero attached hydrogens (tertiary/aromatic N) is 3. The van der Waals surface area contributed by atoms with Gasteiger partial charge in [-0.2, -0.15) is 0 Å². The molecule has 0 saturated carbocycles. The smallest absolute Gasteiger partial charge is 0.335 e. The van der Waals surface area contributed by atoms with Crippen molar-refractivity contribution in [3.8, 4) is 0 Å². The molecule has 1 atom stereocenters. The van der Waals surface area contributed by atoms with Gasteiger partial charge in [-0.25, -0.2) is 9.78 Å². The highest BCUT2D eigenvalue weighted by atomic mass is 16.4. The monoisotopic (exact) mass is 273 g/mol. The van der Waals surface area contributed by atoms with E-state index in [-0.39, 0.29) is 5.56 Å². The first kappa shape index (κ1) is 13.1. The van der Waals surface area contributed by atoms with E-state index in [9.17, 15) is 4.79 Å². The van der Waals surface area contributed by atoms with Crippen molar-refractivity contribution in [2.45, 2.75) is 19.3 Å². The number of imidazole rings is 1. The minimum atomic E-state index is -0.911. The first-order valence-electron chi connectivity index (χ1n) is 7.01. The summed E-state index contributed by atoms with van der Waals surface area (Å²) < 4.78 is 1.90. The number of rotatable bonds is 3. The van der Waals surface area contributed by atoms with Crippen molar-refractivity contribution in [1.82, 2.24) is 14.3 Å².